The van der Waals surface area contributed by atoms with Crippen LogP contribution in [0, 0.1) is 0 Å². The van der Waals surface area contributed by atoms with Crippen LogP contribution in [0.1, 0.15) is 50.9 Å². The van der Waals surface area contributed by atoms with Gasteiger partial charge < -0.3 is 23.7 Å². The Morgan fingerprint density at radius 1 is 1.15 bits per heavy atom. The summed E-state index contributed by atoms with van der Waals surface area (Å²) in [6, 6.07) is 8.80. The van der Waals surface area contributed by atoms with E-state index in [4.69, 9.17) is 23.7 Å². The van der Waals surface area contributed by atoms with Gasteiger partial charge in [-0.15, -0.1) is 0 Å². The van der Waals surface area contributed by atoms with Crippen molar-refractivity contribution in [2.24, 2.45) is 0 Å². The van der Waals surface area contributed by atoms with E-state index < -0.39 is 24.0 Å². The molecule has 0 N–H and O–H groups in total. The number of carbonyl (C=O) groups excluding carboxylic acids is 2. The highest BCUT2D eigenvalue weighted by molar-refractivity contribution is 5.89. The Morgan fingerprint density at radius 2 is 1.85 bits per heavy atom. The van der Waals surface area contributed by atoms with Gasteiger partial charge in [0.15, 0.2) is 0 Å². The van der Waals surface area contributed by atoms with Gasteiger partial charge in [-0.05, 0) is 39.8 Å². The van der Waals surface area contributed by atoms with E-state index in [9.17, 15) is 9.59 Å². The van der Waals surface area contributed by atoms with Crippen molar-refractivity contribution in [1.29, 1.82) is 0 Å². The average molecular weight is 380 g/mol. The Hall–Kier alpha value is -1.96. The third-order valence-corrected chi connectivity index (χ3v) is 4.13. The SMILES string of the molecule is CCOC(=O)CC1(OCC)O[C@@H](C)[C@H](CC(C)OC(=O)c2ccccc2)O1. The van der Waals surface area contributed by atoms with E-state index in [2.05, 4.69) is 0 Å². The molecule has 0 saturated carbocycles. The van der Waals surface area contributed by atoms with Gasteiger partial charge in [-0.25, -0.2) is 4.79 Å². The molecule has 0 amide bonds. The second-order valence-corrected chi connectivity index (χ2v) is 6.39. The molecule has 1 aliphatic rings. The topological polar surface area (TPSA) is 80.3 Å². The van der Waals surface area contributed by atoms with Gasteiger partial charge in [0.1, 0.15) is 12.5 Å². The average Bonchev–Trinajstić information content (AvgIpc) is 2.90. The summed E-state index contributed by atoms with van der Waals surface area (Å²) in [5.41, 5.74) is 0.493. The molecule has 0 spiro atoms. The Morgan fingerprint density at radius 3 is 2.48 bits per heavy atom. The van der Waals surface area contributed by atoms with Crippen molar-refractivity contribution in [3.8, 4) is 0 Å². The molecule has 27 heavy (non-hydrogen) atoms. The summed E-state index contributed by atoms with van der Waals surface area (Å²) in [7, 11) is 0. The molecule has 0 aromatic heterocycles. The molecule has 4 atom stereocenters. The zero-order valence-corrected chi connectivity index (χ0v) is 16.3. The third-order valence-electron chi connectivity index (χ3n) is 4.13. The number of hydrogen-bond donors (Lipinski definition) is 0. The molecule has 2 unspecified atom stereocenters. The molecule has 1 fully saturated rings. The summed E-state index contributed by atoms with van der Waals surface area (Å²) < 4.78 is 27.8. The maximum Gasteiger partial charge on any atom is 0.338 e. The molecule has 0 aliphatic carbocycles. The molecule has 1 heterocycles. The fraction of sp³-hybridized carbons (Fsp3) is 0.600. The van der Waals surface area contributed by atoms with Crippen molar-refractivity contribution >= 4 is 11.9 Å². The maximum atomic E-state index is 12.2. The van der Waals surface area contributed by atoms with E-state index in [-0.39, 0.29) is 25.2 Å². The van der Waals surface area contributed by atoms with Crippen LogP contribution in [-0.4, -0.2) is 49.4 Å². The first kappa shape index (κ1) is 21.3. The molecule has 0 radical (unpaired) electrons. The van der Waals surface area contributed by atoms with Gasteiger partial charge in [0, 0.05) is 13.0 Å². The number of carbonyl (C=O) groups is 2. The number of hydrogen-bond acceptors (Lipinski definition) is 7. The highest BCUT2D eigenvalue weighted by atomic mass is 16.9. The summed E-state index contributed by atoms with van der Waals surface area (Å²) in [6.45, 7) is 7.74. The van der Waals surface area contributed by atoms with Crippen LogP contribution in [0.25, 0.3) is 0 Å². The van der Waals surface area contributed by atoms with E-state index in [1.165, 1.54) is 0 Å². The predicted molar refractivity (Wildman–Crippen MR) is 97.0 cm³/mol. The molecule has 2 rings (SSSR count). The van der Waals surface area contributed by atoms with Gasteiger partial charge in [-0.3, -0.25) is 4.79 Å². The zero-order chi connectivity index (χ0) is 19.9. The van der Waals surface area contributed by atoms with Gasteiger partial charge in [-0.2, -0.15) is 0 Å². The minimum atomic E-state index is -1.46. The number of benzene rings is 1. The lowest BCUT2D eigenvalue weighted by Crippen LogP contribution is -2.38. The lowest BCUT2D eigenvalue weighted by Gasteiger charge is -2.26. The smallest absolute Gasteiger partial charge is 0.338 e. The number of esters is 2. The standard InChI is InChI=1S/C20H28O7/c1-5-23-18(21)13-20(24-6-2)26-15(4)17(27-20)12-14(3)25-19(22)16-10-8-7-9-11-16/h7-11,14-15,17H,5-6,12-13H2,1-4H3/t14?,15-,17-,20?/m0/s1. The van der Waals surface area contributed by atoms with E-state index in [1.54, 1.807) is 45.0 Å². The van der Waals surface area contributed by atoms with Gasteiger partial charge >= 0.3 is 11.9 Å². The molecule has 7 nitrogen and oxygen atoms in total. The number of ether oxygens (including phenoxy) is 5. The van der Waals surface area contributed by atoms with Crippen molar-refractivity contribution < 1.29 is 33.3 Å². The summed E-state index contributed by atoms with van der Waals surface area (Å²) in [4.78, 5) is 24.1. The minimum absolute atomic E-state index is 0.159. The van der Waals surface area contributed by atoms with Gasteiger partial charge in [-0.1, -0.05) is 18.2 Å². The van der Waals surface area contributed by atoms with Crippen LogP contribution in [0.5, 0.6) is 0 Å². The van der Waals surface area contributed by atoms with Crippen LogP contribution in [0.15, 0.2) is 30.3 Å². The van der Waals surface area contributed by atoms with Crippen molar-refractivity contribution in [2.45, 2.75) is 64.8 Å². The van der Waals surface area contributed by atoms with Crippen LogP contribution in [0.2, 0.25) is 0 Å². The summed E-state index contributed by atoms with van der Waals surface area (Å²) >= 11 is 0. The van der Waals surface area contributed by atoms with E-state index in [1.807, 2.05) is 13.0 Å². The van der Waals surface area contributed by atoms with E-state index in [0.717, 1.165) is 0 Å². The van der Waals surface area contributed by atoms with Crippen LogP contribution in [-0.2, 0) is 28.5 Å². The van der Waals surface area contributed by atoms with Crippen molar-refractivity contribution in [3.63, 3.8) is 0 Å². The van der Waals surface area contributed by atoms with Crippen LogP contribution in [0.3, 0.4) is 0 Å². The van der Waals surface area contributed by atoms with E-state index in [0.29, 0.717) is 18.6 Å². The summed E-state index contributed by atoms with van der Waals surface area (Å²) in [6.07, 6.45) is -0.854. The first-order valence-corrected chi connectivity index (χ1v) is 9.30. The molecule has 7 heteroatoms. The normalized spacial score (nSPS) is 25.8. The van der Waals surface area contributed by atoms with Gasteiger partial charge in [0.05, 0.1) is 24.4 Å². The Bertz CT molecular complexity index is 618. The minimum Gasteiger partial charge on any atom is -0.466 e. The fourth-order valence-corrected chi connectivity index (χ4v) is 2.96. The Balaban J connectivity index is 1.95. The monoisotopic (exact) mass is 380 g/mol. The van der Waals surface area contributed by atoms with Crippen LogP contribution < -0.4 is 0 Å². The van der Waals surface area contributed by atoms with Crippen LogP contribution >= 0.6 is 0 Å². The lowest BCUT2D eigenvalue weighted by molar-refractivity contribution is -0.340. The van der Waals surface area contributed by atoms with Gasteiger partial charge in [0.25, 0.3) is 5.97 Å². The first-order valence-electron chi connectivity index (χ1n) is 9.30. The van der Waals surface area contributed by atoms with E-state index >= 15 is 0 Å². The Labute approximate surface area is 159 Å². The largest absolute Gasteiger partial charge is 0.466 e. The number of rotatable bonds is 9. The zero-order valence-electron chi connectivity index (χ0n) is 16.3. The molecule has 1 saturated heterocycles. The molecule has 1 aliphatic heterocycles. The lowest BCUT2D eigenvalue weighted by atomic mass is 10.1. The molecule has 1 aromatic rings. The molecule has 1 aromatic carbocycles. The quantitative estimate of drug-likeness (QED) is 0.609. The van der Waals surface area contributed by atoms with Crippen molar-refractivity contribution in [3.05, 3.63) is 35.9 Å². The predicted octanol–water partition coefficient (Wildman–Crippen LogP) is 3.07. The molecular weight excluding hydrogens is 352 g/mol. The highest BCUT2D eigenvalue weighted by Crippen LogP contribution is 2.35. The second kappa shape index (κ2) is 9.82. The first-order chi connectivity index (χ1) is 12.9. The summed E-state index contributed by atoms with van der Waals surface area (Å²) in [5, 5.41) is 0. The Kier molecular flexibility index (Phi) is 7.77. The third kappa shape index (κ3) is 6.02. The highest BCUT2D eigenvalue weighted by Gasteiger charge is 2.49. The van der Waals surface area contributed by atoms with Gasteiger partial charge in [0.2, 0.25) is 0 Å². The van der Waals surface area contributed by atoms with Crippen LogP contribution in [0.4, 0.5) is 0 Å². The molecule has 0 bridgehead atoms. The maximum absolute atomic E-state index is 12.2. The molecular formula is C20H28O7. The van der Waals surface area contributed by atoms with Crippen molar-refractivity contribution in [2.75, 3.05) is 13.2 Å². The second-order valence-electron chi connectivity index (χ2n) is 6.39. The fourth-order valence-electron chi connectivity index (χ4n) is 2.96. The summed E-state index contributed by atoms with van der Waals surface area (Å²) in [5.74, 6) is -2.31. The molecule has 150 valence electrons. The van der Waals surface area contributed by atoms with Crippen molar-refractivity contribution in [1.82, 2.24) is 0 Å².